The van der Waals surface area contributed by atoms with Gasteiger partial charge >= 0.3 is 5.97 Å². The summed E-state index contributed by atoms with van der Waals surface area (Å²) in [7, 11) is 1.76. The number of aliphatic carboxylic acids is 1. The maximum atomic E-state index is 10.2. The number of carboxylic acid groups (broad SMARTS) is 1. The van der Waals surface area contributed by atoms with Crippen molar-refractivity contribution in [2.45, 2.75) is 19.1 Å². The van der Waals surface area contributed by atoms with Crippen LogP contribution in [0.4, 0.5) is 0 Å². The highest BCUT2D eigenvalue weighted by molar-refractivity contribution is 5.67. The molecule has 0 bridgehead atoms. The van der Waals surface area contributed by atoms with Gasteiger partial charge in [-0.25, -0.2) is 4.98 Å². The molecule has 7 nitrogen and oxygen atoms in total. The maximum absolute atomic E-state index is 10.2. The average molecular weight is 214 g/mol. The fourth-order valence-electron chi connectivity index (χ4n) is 1.09. The van der Waals surface area contributed by atoms with Crippen LogP contribution in [0.1, 0.15) is 12.2 Å². The minimum atomic E-state index is -1.01. The molecule has 0 fully saturated rings. The highest BCUT2D eigenvalue weighted by Crippen LogP contribution is 1.91. The number of aromatic nitrogens is 3. The second-order valence-corrected chi connectivity index (χ2v) is 3.22. The van der Waals surface area contributed by atoms with Gasteiger partial charge in [-0.05, 0) is 0 Å². The van der Waals surface area contributed by atoms with Gasteiger partial charge in [0, 0.05) is 13.6 Å². The number of nitrogens with one attached hydrogen (secondary N) is 1. The molecule has 1 aromatic rings. The molecule has 1 aromatic heterocycles. The van der Waals surface area contributed by atoms with E-state index in [4.69, 9.17) is 5.11 Å². The van der Waals surface area contributed by atoms with Crippen molar-refractivity contribution in [2.75, 3.05) is 6.54 Å². The molecule has 84 valence electrons. The number of hydrogen-bond acceptors (Lipinski definition) is 5. The van der Waals surface area contributed by atoms with E-state index in [9.17, 15) is 9.90 Å². The highest BCUT2D eigenvalue weighted by Gasteiger charge is 2.08. The summed E-state index contributed by atoms with van der Waals surface area (Å²) in [4.78, 5) is 14.2. The smallest absolute Gasteiger partial charge is 0.306 e. The average Bonchev–Trinajstić information content (AvgIpc) is 2.50. The summed E-state index contributed by atoms with van der Waals surface area (Å²) < 4.78 is 1.57. The third-order valence-electron chi connectivity index (χ3n) is 1.72. The van der Waals surface area contributed by atoms with E-state index in [-0.39, 0.29) is 13.0 Å². The van der Waals surface area contributed by atoms with Crippen LogP contribution in [0, 0.1) is 0 Å². The first kappa shape index (κ1) is 11.6. The van der Waals surface area contributed by atoms with Gasteiger partial charge in [-0.2, -0.15) is 5.10 Å². The Labute approximate surface area is 86.7 Å². The van der Waals surface area contributed by atoms with Crippen LogP contribution >= 0.6 is 0 Å². The molecule has 0 aliphatic heterocycles. The Morgan fingerprint density at radius 2 is 2.47 bits per heavy atom. The van der Waals surface area contributed by atoms with Crippen molar-refractivity contribution in [1.82, 2.24) is 20.1 Å². The van der Waals surface area contributed by atoms with Crippen LogP contribution in [0.5, 0.6) is 0 Å². The number of nitrogens with zero attached hydrogens (tertiary/aromatic N) is 3. The zero-order valence-electron chi connectivity index (χ0n) is 8.42. The van der Waals surface area contributed by atoms with E-state index in [0.29, 0.717) is 12.4 Å². The van der Waals surface area contributed by atoms with E-state index in [1.807, 2.05) is 0 Å². The first-order chi connectivity index (χ1) is 7.08. The second-order valence-electron chi connectivity index (χ2n) is 3.22. The lowest BCUT2D eigenvalue weighted by Crippen LogP contribution is -2.28. The Morgan fingerprint density at radius 3 is 3.00 bits per heavy atom. The fraction of sp³-hybridized carbons (Fsp3) is 0.625. The molecule has 0 radical (unpaired) electrons. The summed E-state index contributed by atoms with van der Waals surface area (Å²) in [5.74, 6) is -0.403. The summed E-state index contributed by atoms with van der Waals surface area (Å²) in [6.45, 7) is 0.627. The number of aryl methyl sites for hydroxylation is 1. The number of aliphatic hydroxyl groups excluding tert-OH is 1. The summed E-state index contributed by atoms with van der Waals surface area (Å²) in [5.41, 5.74) is 0. The van der Waals surface area contributed by atoms with Crippen molar-refractivity contribution < 1.29 is 15.0 Å². The van der Waals surface area contributed by atoms with Gasteiger partial charge < -0.3 is 15.5 Å². The molecule has 0 aliphatic carbocycles. The third kappa shape index (κ3) is 4.52. The SMILES string of the molecule is Cn1cnc(CNCC(O)CC(=O)O)n1. The van der Waals surface area contributed by atoms with Gasteiger partial charge in [0.05, 0.1) is 19.1 Å². The summed E-state index contributed by atoms with van der Waals surface area (Å²) in [5, 5.41) is 24.5. The standard InChI is InChI=1S/C8H14N4O3/c1-12-5-10-7(11-12)4-9-3-6(13)2-8(14)15/h5-6,9,13H,2-4H2,1H3,(H,14,15). The van der Waals surface area contributed by atoms with E-state index in [2.05, 4.69) is 15.4 Å². The van der Waals surface area contributed by atoms with Gasteiger partial charge in [0.25, 0.3) is 0 Å². The van der Waals surface area contributed by atoms with E-state index < -0.39 is 12.1 Å². The van der Waals surface area contributed by atoms with Crippen molar-refractivity contribution in [2.24, 2.45) is 7.05 Å². The Balaban J connectivity index is 2.18. The van der Waals surface area contributed by atoms with Crippen LogP contribution < -0.4 is 5.32 Å². The van der Waals surface area contributed by atoms with Gasteiger partial charge in [0.1, 0.15) is 6.33 Å². The minimum absolute atomic E-state index is 0.213. The molecule has 1 heterocycles. The molecule has 0 saturated heterocycles. The molecule has 3 N–H and O–H groups in total. The van der Waals surface area contributed by atoms with Crippen molar-refractivity contribution in [1.29, 1.82) is 0 Å². The second kappa shape index (κ2) is 5.42. The molecule has 0 aromatic carbocycles. The van der Waals surface area contributed by atoms with Gasteiger partial charge in [-0.15, -0.1) is 0 Å². The summed E-state index contributed by atoms with van der Waals surface area (Å²) in [6.07, 6.45) is 0.430. The Kier molecular flexibility index (Phi) is 4.19. The number of carbonyl (C=O) groups is 1. The topological polar surface area (TPSA) is 100 Å². The lowest BCUT2D eigenvalue weighted by atomic mass is 10.2. The Bertz CT molecular complexity index is 325. The van der Waals surface area contributed by atoms with Gasteiger partial charge in [-0.1, -0.05) is 0 Å². The van der Waals surface area contributed by atoms with E-state index in [1.54, 1.807) is 18.1 Å². The Morgan fingerprint density at radius 1 is 1.73 bits per heavy atom. The highest BCUT2D eigenvalue weighted by atomic mass is 16.4. The largest absolute Gasteiger partial charge is 0.481 e. The zero-order chi connectivity index (χ0) is 11.3. The molecular weight excluding hydrogens is 200 g/mol. The number of aliphatic hydroxyl groups is 1. The number of hydrogen-bond donors (Lipinski definition) is 3. The fourth-order valence-corrected chi connectivity index (χ4v) is 1.09. The van der Waals surface area contributed by atoms with Gasteiger partial charge in [0.15, 0.2) is 5.82 Å². The van der Waals surface area contributed by atoms with Crippen LogP contribution in [0.3, 0.4) is 0 Å². The van der Waals surface area contributed by atoms with Crippen molar-refractivity contribution in [3.63, 3.8) is 0 Å². The Hall–Kier alpha value is -1.47. The predicted octanol–water partition coefficient (Wildman–Crippen LogP) is -1.26. The van der Waals surface area contributed by atoms with Crippen LogP contribution in [0.2, 0.25) is 0 Å². The van der Waals surface area contributed by atoms with Crippen LogP contribution in [0.15, 0.2) is 6.33 Å². The monoisotopic (exact) mass is 214 g/mol. The first-order valence-electron chi connectivity index (χ1n) is 4.53. The normalized spacial score (nSPS) is 12.7. The minimum Gasteiger partial charge on any atom is -0.481 e. The molecule has 1 rings (SSSR count). The summed E-state index contributed by atoms with van der Waals surface area (Å²) >= 11 is 0. The molecule has 1 unspecified atom stereocenters. The van der Waals surface area contributed by atoms with Gasteiger partial charge in [0.2, 0.25) is 0 Å². The molecule has 1 atom stereocenters. The van der Waals surface area contributed by atoms with Crippen molar-refractivity contribution in [3.05, 3.63) is 12.2 Å². The predicted molar refractivity (Wildman–Crippen MR) is 51.0 cm³/mol. The number of carboxylic acids is 1. The van der Waals surface area contributed by atoms with Crippen LogP contribution in [-0.2, 0) is 18.4 Å². The molecular formula is C8H14N4O3. The maximum Gasteiger partial charge on any atom is 0.306 e. The quantitative estimate of drug-likeness (QED) is 0.546. The molecule has 7 heteroatoms. The van der Waals surface area contributed by atoms with Crippen molar-refractivity contribution in [3.8, 4) is 0 Å². The van der Waals surface area contributed by atoms with Crippen molar-refractivity contribution >= 4 is 5.97 Å². The molecule has 0 amide bonds. The zero-order valence-corrected chi connectivity index (χ0v) is 8.42. The molecule has 0 saturated carbocycles. The number of rotatable bonds is 6. The van der Waals surface area contributed by atoms with Gasteiger partial charge in [-0.3, -0.25) is 9.48 Å². The molecule has 0 spiro atoms. The van der Waals surface area contributed by atoms with E-state index in [0.717, 1.165) is 0 Å². The van der Waals surface area contributed by atoms with E-state index >= 15 is 0 Å². The van der Waals surface area contributed by atoms with E-state index in [1.165, 1.54) is 0 Å². The molecule has 0 aliphatic rings. The van der Waals surface area contributed by atoms with Crippen LogP contribution in [-0.4, -0.2) is 43.6 Å². The molecule has 15 heavy (non-hydrogen) atoms. The summed E-state index contributed by atoms with van der Waals surface area (Å²) in [6, 6.07) is 0. The third-order valence-corrected chi connectivity index (χ3v) is 1.72. The first-order valence-corrected chi connectivity index (χ1v) is 4.53. The lowest BCUT2D eigenvalue weighted by Gasteiger charge is -2.07. The lowest BCUT2D eigenvalue weighted by molar-refractivity contribution is -0.139. The van der Waals surface area contributed by atoms with Crippen LogP contribution in [0.25, 0.3) is 0 Å².